The quantitative estimate of drug-likeness (QED) is 0.173. The van der Waals surface area contributed by atoms with Crippen LogP contribution in [0.5, 0.6) is 0 Å². The molecule has 0 saturated carbocycles. The summed E-state index contributed by atoms with van der Waals surface area (Å²) in [5.74, 6) is 0.831. The van der Waals surface area contributed by atoms with Crippen LogP contribution in [0, 0.1) is 5.82 Å². The van der Waals surface area contributed by atoms with Crippen LogP contribution >= 0.6 is 11.8 Å². The lowest BCUT2D eigenvalue weighted by atomic mass is 10.2. The number of halogens is 1. The van der Waals surface area contributed by atoms with Gasteiger partial charge in [0.05, 0.1) is 0 Å². The van der Waals surface area contributed by atoms with E-state index < -0.39 is 6.04 Å². The third-order valence-electron chi connectivity index (χ3n) is 6.02. The Labute approximate surface area is 245 Å². The second-order valence-electron chi connectivity index (χ2n) is 9.73. The monoisotopic (exact) mass is 579 g/mol. The zero-order valence-electron chi connectivity index (χ0n) is 24.1. The van der Waals surface area contributed by atoms with Gasteiger partial charge in [-0.05, 0) is 63.8 Å². The van der Waals surface area contributed by atoms with Crippen LogP contribution in [-0.4, -0.2) is 71.9 Å². The van der Waals surface area contributed by atoms with Crippen LogP contribution in [0.4, 0.5) is 27.5 Å². The molecular formula is C30H38FN7O2S. The number of carbonyl (C=O) groups excluding carboxylic acids is 2. The Bertz CT molecular complexity index is 1350. The summed E-state index contributed by atoms with van der Waals surface area (Å²) in [5.41, 5.74) is 2.13. The molecule has 3 N–H and O–H groups in total. The van der Waals surface area contributed by atoms with Gasteiger partial charge in [-0.25, -0.2) is 9.37 Å². The van der Waals surface area contributed by atoms with Crippen molar-refractivity contribution in [1.29, 1.82) is 0 Å². The van der Waals surface area contributed by atoms with Crippen molar-refractivity contribution in [2.75, 3.05) is 50.2 Å². The van der Waals surface area contributed by atoms with E-state index in [-0.39, 0.29) is 17.6 Å². The molecule has 0 spiro atoms. The van der Waals surface area contributed by atoms with Crippen molar-refractivity contribution in [3.8, 4) is 0 Å². The summed E-state index contributed by atoms with van der Waals surface area (Å²) in [6, 6.07) is 13.1. The van der Waals surface area contributed by atoms with E-state index >= 15 is 0 Å². The largest absolute Gasteiger partial charge is 0.370 e. The number of nitrogens with zero attached hydrogens (tertiary/aromatic N) is 4. The number of hydrogen-bond donors (Lipinski definition) is 3. The average Bonchev–Trinajstić information content (AvgIpc) is 2.94. The molecule has 3 rings (SSSR count). The Hall–Kier alpha value is -3.96. The zero-order valence-corrected chi connectivity index (χ0v) is 25.0. The van der Waals surface area contributed by atoms with E-state index in [1.54, 1.807) is 50.1 Å². The molecule has 0 aliphatic rings. The molecule has 0 saturated heterocycles. The Morgan fingerprint density at radius 3 is 2.59 bits per heavy atom. The Morgan fingerprint density at radius 2 is 1.85 bits per heavy atom. The number of nitrogens with one attached hydrogen (secondary N) is 3. The van der Waals surface area contributed by atoms with E-state index in [0.29, 0.717) is 35.4 Å². The van der Waals surface area contributed by atoms with E-state index in [9.17, 15) is 14.0 Å². The first-order valence-corrected chi connectivity index (χ1v) is 14.4. The van der Waals surface area contributed by atoms with E-state index in [4.69, 9.17) is 0 Å². The molecule has 0 aliphatic carbocycles. The van der Waals surface area contributed by atoms with Crippen LogP contribution in [0.1, 0.15) is 25.8 Å². The third kappa shape index (κ3) is 10.2. The number of hydrogen-bond acceptors (Lipinski definition) is 8. The van der Waals surface area contributed by atoms with Gasteiger partial charge < -0.3 is 25.8 Å². The number of carbonyl (C=O) groups is 2. The fraction of sp³-hybridized carbons (Fsp3) is 0.333. The summed E-state index contributed by atoms with van der Waals surface area (Å²) in [6.07, 6.45) is 5.94. The summed E-state index contributed by atoms with van der Waals surface area (Å²) >= 11 is 1.59. The molecule has 2 aromatic carbocycles. The van der Waals surface area contributed by atoms with Crippen molar-refractivity contribution in [3.63, 3.8) is 0 Å². The van der Waals surface area contributed by atoms with Crippen LogP contribution in [0.3, 0.4) is 0 Å². The molecule has 0 unspecified atom stereocenters. The van der Waals surface area contributed by atoms with Crippen LogP contribution in [0.2, 0.25) is 0 Å². The predicted octanol–water partition coefficient (Wildman–Crippen LogP) is 5.38. The minimum Gasteiger partial charge on any atom is -0.370 e. The first kappa shape index (κ1) is 31.6. The Morgan fingerprint density at radius 1 is 1.10 bits per heavy atom. The number of anilines is 4. The highest BCUT2D eigenvalue weighted by Crippen LogP contribution is 2.28. The van der Waals surface area contributed by atoms with E-state index in [2.05, 4.69) is 32.8 Å². The predicted molar refractivity (Wildman–Crippen MR) is 165 cm³/mol. The number of aromatic nitrogens is 2. The lowest BCUT2D eigenvalue weighted by molar-refractivity contribution is -0.132. The van der Waals surface area contributed by atoms with Gasteiger partial charge in [-0.15, -0.1) is 11.8 Å². The average molecular weight is 580 g/mol. The number of likely N-dealkylation sites (N-methyl/N-ethyl adjacent to an activating group) is 2. The number of thioether (sulfide) groups is 1. The fourth-order valence-corrected chi connectivity index (χ4v) is 4.50. The number of benzene rings is 2. The van der Waals surface area contributed by atoms with Gasteiger partial charge in [0.1, 0.15) is 17.7 Å². The van der Waals surface area contributed by atoms with Gasteiger partial charge in [0, 0.05) is 60.0 Å². The molecule has 1 heterocycles. The second-order valence-corrected chi connectivity index (χ2v) is 10.8. The first-order valence-electron chi connectivity index (χ1n) is 13.4. The maximum absolute atomic E-state index is 13.6. The van der Waals surface area contributed by atoms with Crippen LogP contribution in [-0.2, 0) is 15.3 Å². The molecule has 9 nitrogen and oxygen atoms in total. The Kier molecular flexibility index (Phi) is 12.1. The summed E-state index contributed by atoms with van der Waals surface area (Å²) in [5, 5.41) is 9.31. The summed E-state index contributed by atoms with van der Waals surface area (Å²) in [4.78, 5) is 38.6. The van der Waals surface area contributed by atoms with Crippen molar-refractivity contribution < 1.29 is 14.0 Å². The number of amides is 2. The molecule has 0 radical (unpaired) electrons. The lowest BCUT2D eigenvalue weighted by Gasteiger charge is -2.23. The van der Waals surface area contributed by atoms with Gasteiger partial charge in [0.15, 0.2) is 0 Å². The second kappa shape index (κ2) is 15.7. The zero-order chi connectivity index (χ0) is 29.8. The standard InChI is InChI=1S/C30H38FN7O2S/c1-6-15-32-28-22(19-33-30(36-28)35-24-11-7-10-23(31)17-24)20-41-26-13-8-12-25(18-26)34-29(40)21(2)38(5)27(39)14-9-16-37(3)4/h7-14,17-19,21H,6,15-16,20H2,1-5H3,(H,34,40)(H2,32,33,35,36)/t21-/m0/s1. The smallest absolute Gasteiger partial charge is 0.246 e. The van der Waals surface area contributed by atoms with E-state index in [1.165, 1.54) is 23.1 Å². The maximum Gasteiger partial charge on any atom is 0.246 e. The highest BCUT2D eigenvalue weighted by Gasteiger charge is 2.21. The van der Waals surface area contributed by atoms with E-state index in [0.717, 1.165) is 23.4 Å². The van der Waals surface area contributed by atoms with Gasteiger partial charge in [0.2, 0.25) is 17.8 Å². The van der Waals surface area contributed by atoms with Gasteiger partial charge in [-0.2, -0.15) is 4.98 Å². The van der Waals surface area contributed by atoms with Gasteiger partial charge in [-0.3, -0.25) is 9.59 Å². The van der Waals surface area contributed by atoms with Crippen molar-refractivity contribution in [2.45, 2.75) is 37.0 Å². The topological polar surface area (TPSA) is 102 Å². The Balaban J connectivity index is 1.63. The van der Waals surface area contributed by atoms with Crippen molar-refractivity contribution in [3.05, 3.63) is 78.3 Å². The van der Waals surface area contributed by atoms with Crippen LogP contribution in [0.15, 0.2) is 71.8 Å². The lowest BCUT2D eigenvalue weighted by Crippen LogP contribution is -2.42. The first-order chi connectivity index (χ1) is 19.7. The van der Waals surface area contributed by atoms with Gasteiger partial charge in [-0.1, -0.05) is 25.1 Å². The highest BCUT2D eigenvalue weighted by molar-refractivity contribution is 7.98. The van der Waals surface area contributed by atoms with Crippen molar-refractivity contribution in [1.82, 2.24) is 19.8 Å². The molecule has 1 aromatic heterocycles. The van der Waals surface area contributed by atoms with Gasteiger partial charge in [0.25, 0.3) is 0 Å². The highest BCUT2D eigenvalue weighted by atomic mass is 32.2. The van der Waals surface area contributed by atoms with Crippen LogP contribution < -0.4 is 16.0 Å². The third-order valence-corrected chi connectivity index (χ3v) is 7.07. The molecular weight excluding hydrogens is 541 g/mol. The van der Waals surface area contributed by atoms with Gasteiger partial charge >= 0.3 is 0 Å². The van der Waals surface area contributed by atoms with E-state index in [1.807, 2.05) is 43.3 Å². The minimum atomic E-state index is -0.647. The molecule has 2 amide bonds. The minimum absolute atomic E-state index is 0.231. The molecule has 1 atom stereocenters. The molecule has 218 valence electrons. The normalized spacial score (nSPS) is 11.9. The SMILES string of the molecule is CCCNc1nc(Nc2cccc(F)c2)ncc1CSc1cccc(NC(=O)[C@H](C)N(C)C(=O)C=CCN(C)C)c1. The summed E-state index contributed by atoms with van der Waals surface area (Å²) < 4.78 is 13.6. The van der Waals surface area contributed by atoms with Crippen molar-refractivity contribution >= 4 is 46.7 Å². The van der Waals surface area contributed by atoms with Crippen molar-refractivity contribution in [2.24, 2.45) is 0 Å². The molecule has 0 aliphatic heterocycles. The molecule has 41 heavy (non-hydrogen) atoms. The summed E-state index contributed by atoms with van der Waals surface area (Å²) in [6.45, 7) is 5.16. The fourth-order valence-electron chi connectivity index (χ4n) is 3.58. The number of rotatable bonds is 14. The molecule has 3 aromatic rings. The molecule has 0 bridgehead atoms. The van der Waals surface area contributed by atoms with Crippen LogP contribution in [0.25, 0.3) is 0 Å². The maximum atomic E-state index is 13.6. The molecule has 11 heteroatoms. The summed E-state index contributed by atoms with van der Waals surface area (Å²) in [7, 11) is 5.45. The molecule has 0 fully saturated rings.